The van der Waals surface area contributed by atoms with E-state index in [1.807, 2.05) is 6.92 Å². The van der Waals surface area contributed by atoms with Crippen molar-refractivity contribution in [3.05, 3.63) is 39.8 Å². The Morgan fingerprint density at radius 3 is 2.88 bits per heavy atom. The van der Waals surface area contributed by atoms with E-state index in [0.29, 0.717) is 23.0 Å². The van der Waals surface area contributed by atoms with Crippen molar-refractivity contribution in [3.63, 3.8) is 0 Å². The summed E-state index contributed by atoms with van der Waals surface area (Å²) in [5.74, 6) is -1.06. The zero-order valence-corrected chi connectivity index (χ0v) is 8.65. The standard InChI is InChI=1S/C11H10N2O3/c1-2-6-3-8-9(13-10(6)14)4-7(5-12-8)11(15)16/h3-5H,2H2,1H3,(H,13,14)(H,15,16). The number of carboxylic acid groups (broad SMARTS) is 1. The molecule has 0 fully saturated rings. The summed E-state index contributed by atoms with van der Waals surface area (Å²) in [6.07, 6.45) is 1.90. The van der Waals surface area contributed by atoms with Gasteiger partial charge in [-0.3, -0.25) is 9.78 Å². The second-order valence-corrected chi connectivity index (χ2v) is 3.44. The predicted octanol–water partition coefficient (Wildman–Crippen LogP) is 1.18. The largest absolute Gasteiger partial charge is 0.478 e. The molecule has 0 bridgehead atoms. The number of aromatic nitrogens is 2. The number of nitrogens with one attached hydrogen (secondary N) is 1. The van der Waals surface area contributed by atoms with E-state index < -0.39 is 5.97 Å². The van der Waals surface area contributed by atoms with Gasteiger partial charge in [-0.05, 0) is 18.6 Å². The van der Waals surface area contributed by atoms with Crippen LogP contribution in [0.3, 0.4) is 0 Å². The molecule has 0 saturated carbocycles. The Balaban J connectivity index is 2.72. The molecular formula is C11H10N2O3. The number of aryl methyl sites for hydroxylation is 1. The van der Waals surface area contributed by atoms with Crippen LogP contribution in [0.4, 0.5) is 0 Å². The van der Waals surface area contributed by atoms with Crippen molar-refractivity contribution in [2.75, 3.05) is 0 Å². The van der Waals surface area contributed by atoms with Gasteiger partial charge in [0.2, 0.25) is 0 Å². The normalized spacial score (nSPS) is 10.6. The van der Waals surface area contributed by atoms with E-state index in [4.69, 9.17) is 5.11 Å². The first kappa shape index (κ1) is 10.4. The lowest BCUT2D eigenvalue weighted by molar-refractivity contribution is 0.0696. The molecule has 0 aliphatic carbocycles. The maximum absolute atomic E-state index is 11.5. The molecule has 0 amide bonds. The lowest BCUT2D eigenvalue weighted by Crippen LogP contribution is -2.12. The number of carboxylic acids is 1. The van der Waals surface area contributed by atoms with Crippen LogP contribution in [-0.2, 0) is 6.42 Å². The van der Waals surface area contributed by atoms with E-state index in [0.717, 1.165) is 0 Å². The zero-order valence-electron chi connectivity index (χ0n) is 8.65. The zero-order chi connectivity index (χ0) is 11.7. The molecule has 2 N–H and O–H groups in total. The number of aromatic amines is 1. The van der Waals surface area contributed by atoms with Crippen LogP contribution in [-0.4, -0.2) is 21.0 Å². The second kappa shape index (κ2) is 3.77. The van der Waals surface area contributed by atoms with E-state index in [2.05, 4.69) is 9.97 Å². The van der Waals surface area contributed by atoms with Gasteiger partial charge in [-0.15, -0.1) is 0 Å². The molecule has 0 aliphatic rings. The van der Waals surface area contributed by atoms with Gasteiger partial charge in [-0.1, -0.05) is 6.92 Å². The Bertz CT molecular complexity index is 616. The molecule has 0 unspecified atom stereocenters. The van der Waals surface area contributed by atoms with Gasteiger partial charge in [-0.2, -0.15) is 0 Å². The van der Waals surface area contributed by atoms with Crippen LogP contribution in [0.1, 0.15) is 22.8 Å². The third kappa shape index (κ3) is 1.67. The minimum atomic E-state index is -1.06. The van der Waals surface area contributed by atoms with Gasteiger partial charge in [0.25, 0.3) is 5.56 Å². The molecule has 0 spiro atoms. The van der Waals surface area contributed by atoms with E-state index >= 15 is 0 Å². The number of rotatable bonds is 2. The molecule has 2 rings (SSSR count). The molecule has 16 heavy (non-hydrogen) atoms. The van der Waals surface area contributed by atoms with E-state index in [1.54, 1.807) is 6.07 Å². The topological polar surface area (TPSA) is 83.0 Å². The highest BCUT2D eigenvalue weighted by atomic mass is 16.4. The Morgan fingerprint density at radius 1 is 1.50 bits per heavy atom. The smallest absolute Gasteiger partial charge is 0.337 e. The van der Waals surface area contributed by atoms with E-state index in [1.165, 1.54) is 12.3 Å². The van der Waals surface area contributed by atoms with Gasteiger partial charge in [0.15, 0.2) is 0 Å². The number of carbonyl (C=O) groups is 1. The Morgan fingerprint density at radius 2 is 2.25 bits per heavy atom. The van der Waals surface area contributed by atoms with E-state index in [9.17, 15) is 9.59 Å². The summed E-state index contributed by atoms with van der Waals surface area (Å²) in [5.41, 5.74) is 1.55. The average molecular weight is 218 g/mol. The van der Waals surface area contributed by atoms with Crippen molar-refractivity contribution in [2.45, 2.75) is 13.3 Å². The molecule has 2 aromatic rings. The molecule has 5 heteroatoms. The number of hydrogen-bond acceptors (Lipinski definition) is 3. The first-order chi connectivity index (χ1) is 7.61. The van der Waals surface area contributed by atoms with Crippen molar-refractivity contribution in [1.29, 1.82) is 0 Å². The summed E-state index contributed by atoms with van der Waals surface area (Å²) in [6.45, 7) is 1.88. The Hall–Kier alpha value is -2.17. The number of aromatic carboxylic acids is 1. The second-order valence-electron chi connectivity index (χ2n) is 3.44. The molecule has 0 atom stereocenters. The summed E-state index contributed by atoms with van der Waals surface area (Å²) in [5, 5.41) is 8.78. The maximum Gasteiger partial charge on any atom is 0.337 e. The SMILES string of the molecule is CCc1cc2ncc(C(=O)O)cc2[nH]c1=O. The fourth-order valence-corrected chi connectivity index (χ4v) is 1.50. The number of fused-ring (bicyclic) bond motifs is 1. The van der Waals surface area contributed by atoms with Gasteiger partial charge in [-0.25, -0.2) is 4.79 Å². The highest BCUT2D eigenvalue weighted by Gasteiger charge is 2.07. The summed E-state index contributed by atoms with van der Waals surface area (Å²) < 4.78 is 0. The number of nitrogens with zero attached hydrogens (tertiary/aromatic N) is 1. The minimum Gasteiger partial charge on any atom is -0.478 e. The van der Waals surface area contributed by atoms with Crippen molar-refractivity contribution in [2.24, 2.45) is 0 Å². The van der Waals surface area contributed by atoms with Crippen LogP contribution in [0.25, 0.3) is 11.0 Å². The summed E-state index contributed by atoms with van der Waals surface area (Å²) in [4.78, 5) is 28.9. The predicted molar refractivity (Wildman–Crippen MR) is 58.7 cm³/mol. The molecule has 82 valence electrons. The maximum atomic E-state index is 11.5. The van der Waals surface area contributed by atoms with Crippen LogP contribution in [0.2, 0.25) is 0 Å². The monoisotopic (exact) mass is 218 g/mol. The molecule has 2 heterocycles. The molecule has 2 aromatic heterocycles. The first-order valence-corrected chi connectivity index (χ1v) is 4.87. The highest BCUT2D eigenvalue weighted by Crippen LogP contribution is 2.10. The average Bonchev–Trinajstić information content (AvgIpc) is 2.27. The molecule has 5 nitrogen and oxygen atoms in total. The summed E-state index contributed by atoms with van der Waals surface area (Å²) in [7, 11) is 0. The van der Waals surface area contributed by atoms with Crippen LogP contribution >= 0.6 is 0 Å². The Labute approximate surface area is 90.8 Å². The summed E-state index contributed by atoms with van der Waals surface area (Å²) in [6, 6.07) is 3.09. The lowest BCUT2D eigenvalue weighted by Gasteiger charge is -2.01. The van der Waals surface area contributed by atoms with Crippen LogP contribution in [0, 0.1) is 0 Å². The van der Waals surface area contributed by atoms with Crippen LogP contribution < -0.4 is 5.56 Å². The van der Waals surface area contributed by atoms with Crippen LogP contribution in [0.5, 0.6) is 0 Å². The third-order valence-corrected chi connectivity index (χ3v) is 2.40. The highest BCUT2D eigenvalue weighted by molar-refractivity contribution is 5.91. The lowest BCUT2D eigenvalue weighted by atomic mass is 10.1. The number of pyridine rings is 2. The fraction of sp³-hybridized carbons (Fsp3) is 0.182. The fourth-order valence-electron chi connectivity index (χ4n) is 1.50. The van der Waals surface area contributed by atoms with E-state index in [-0.39, 0.29) is 11.1 Å². The minimum absolute atomic E-state index is 0.0624. The molecule has 0 aromatic carbocycles. The number of hydrogen-bond donors (Lipinski definition) is 2. The molecular weight excluding hydrogens is 208 g/mol. The van der Waals surface area contributed by atoms with Crippen molar-refractivity contribution < 1.29 is 9.90 Å². The van der Waals surface area contributed by atoms with Gasteiger partial charge in [0, 0.05) is 11.8 Å². The van der Waals surface area contributed by atoms with Gasteiger partial charge < -0.3 is 10.1 Å². The third-order valence-electron chi connectivity index (χ3n) is 2.40. The summed E-state index contributed by atoms with van der Waals surface area (Å²) >= 11 is 0. The van der Waals surface area contributed by atoms with Crippen molar-refractivity contribution in [3.8, 4) is 0 Å². The van der Waals surface area contributed by atoms with Crippen LogP contribution in [0.15, 0.2) is 23.1 Å². The van der Waals surface area contributed by atoms with Gasteiger partial charge in [0.05, 0.1) is 16.6 Å². The quantitative estimate of drug-likeness (QED) is 0.792. The first-order valence-electron chi connectivity index (χ1n) is 4.87. The molecule has 0 aliphatic heterocycles. The van der Waals surface area contributed by atoms with Gasteiger partial charge in [0.1, 0.15) is 0 Å². The van der Waals surface area contributed by atoms with Gasteiger partial charge >= 0.3 is 5.97 Å². The van der Waals surface area contributed by atoms with Crippen molar-refractivity contribution in [1.82, 2.24) is 9.97 Å². The Kier molecular flexibility index (Phi) is 2.44. The number of H-pyrrole nitrogens is 1. The van der Waals surface area contributed by atoms with Crippen molar-refractivity contribution >= 4 is 17.0 Å². The molecule has 0 radical (unpaired) electrons. The molecule has 0 saturated heterocycles.